The lowest BCUT2D eigenvalue weighted by atomic mass is 9.96. The molecule has 0 N–H and O–H groups in total. The SMILES string of the molecule is CCOC(=O)C1=C(C)N=c2s/c(=C/c3scnc3C)c(=O)n2[C@H]1c1ccc(F)cc1. The molecule has 6 nitrogen and oxygen atoms in total. The Hall–Kier alpha value is -2.91. The van der Waals surface area contributed by atoms with Gasteiger partial charge in [-0.15, -0.1) is 11.3 Å². The molecule has 0 radical (unpaired) electrons. The van der Waals surface area contributed by atoms with Crippen molar-refractivity contribution < 1.29 is 13.9 Å². The molecule has 1 aromatic carbocycles. The number of hydrogen-bond acceptors (Lipinski definition) is 7. The largest absolute Gasteiger partial charge is 0.463 e. The molecular formula is C21H18FN3O3S2. The van der Waals surface area contributed by atoms with Gasteiger partial charge in [0.1, 0.15) is 5.82 Å². The molecule has 154 valence electrons. The van der Waals surface area contributed by atoms with Gasteiger partial charge in [0.25, 0.3) is 5.56 Å². The number of aromatic nitrogens is 2. The number of aryl methyl sites for hydroxylation is 1. The van der Waals surface area contributed by atoms with Crippen LogP contribution in [0.5, 0.6) is 0 Å². The number of benzene rings is 1. The highest BCUT2D eigenvalue weighted by atomic mass is 32.1. The summed E-state index contributed by atoms with van der Waals surface area (Å²) in [5.41, 5.74) is 3.65. The van der Waals surface area contributed by atoms with Gasteiger partial charge in [0.05, 0.1) is 44.5 Å². The van der Waals surface area contributed by atoms with Crippen molar-refractivity contribution in [3.63, 3.8) is 0 Å². The highest BCUT2D eigenvalue weighted by Crippen LogP contribution is 2.30. The van der Waals surface area contributed by atoms with Gasteiger partial charge in [-0.05, 0) is 44.5 Å². The van der Waals surface area contributed by atoms with Crippen LogP contribution in [-0.2, 0) is 9.53 Å². The van der Waals surface area contributed by atoms with Crippen molar-refractivity contribution in [3.8, 4) is 0 Å². The van der Waals surface area contributed by atoms with E-state index in [1.807, 2.05) is 6.92 Å². The molecule has 9 heteroatoms. The van der Waals surface area contributed by atoms with Gasteiger partial charge in [0.2, 0.25) is 0 Å². The Bertz CT molecular complexity index is 1330. The van der Waals surface area contributed by atoms with E-state index < -0.39 is 17.8 Å². The third kappa shape index (κ3) is 3.54. The van der Waals surface area contributed by atoms with Crippen LogP contribution in [0.4, 0.5) is 4.39 Å². The molecule has 0 amide bonds. The molecular weight excluding hydrogens is 425 g/mol. The second kappa shape index (κ2) is 8.08. The first-order chi connectivity index (χ1) is 14.4. The minimum absolute atomic E-state index is 0.195. The fraction of sp³-hybridized carbons (Fsp3) is 0.238. The van der Waals surface area contributed by atoms with Crippen LogP contribution < -0.4 is 14.9 Å². The summed E-state index contributed by atoms with van der Waals surface area (Å²) < 4.78 is 20.7. The Morgan fingerprint density at radius 2 is 2.03 bits per heavy atom. The van der Waals surface area contributed by atoms with Gasteiger partial charge < -0.3 is 4.74 Å². The van der Waals surface area contributed by atoms with E-state index in [-0.39, 0.29) is 17.7 Å². The first-order valence-corrected chi connectivity index (χ1v) is 11.0. The number of fused-ring (bicyclic) bond motifs is 1. The number of ether oxygens (including phenoxy) is 1. The zero-order valence-corrected chi connectivity index (χ0v) is 18.1. The third-order valence-electron chi connectivity index (χ3n) is 4.75. The van der Waals surface area contributed by atoms with Gasteiger partial charge >= 0.3 is 5.97 Å². The highest BCUT2D eigenvalue weighted by Gasteiger charge is 2.33. The lowest BCUT2D eigenvalue weighted by Gasteiger charge is -2.24. The van der Waals surface area contributed by atoms with Gasteiger partial charge in [-0.25, -0.2) is 19.2 Å². The number of allylic oxidation sites excluding steroid dienone is 1. The van der Waals surface area contributed by atoms with Crippen molar-refractivity contribution in [1.82, 2.24) is 9.55 Å². The van der Waals surface area contributed by atoms with Crippen molar-refractivity contribution in [2.75, 3.05) is 6.61 Å². The molecule has 0 aliphatic carbocycles. The van der Waals surface area contributed by atoms with E-state index >= 15 is 0 Å². The standard InChI is InChI=1S/C21H18FN3O3S2/c1-4-28-20(27)17-12(3)24-21-25(18(17)13-5-7-14(22)8-6-13)19(26)16(30-21)9-15-11(2)23-10-29-15/h5-10,18H,4H2,1-3H3/b16-9+/t18-/m0/s1. The maximum atomic E-state index is 13.5. The Morgan fingerprint density at radius 1 is 1.30 bits per heavy atom. The smallest absolute Gasteiger partial charge is 0.338 e. The second-order valence-electron chi connectivity index (χ2n) is 6.66. The van der Waals surface area contributed by atoms with E-state index in [9.17, 15) is 14.0 Å². The second-order valence-corrected chi connectivity index (χ2v) is 8.55. The summed E-state index contributed by atoms with van der Waals surface area (Å²) in [5, 5.41) is 0. The van der Waals surface area contributed by atoms with Crippen LogP contribution in [0.2, 0.25) is 0 Å². The normalized spacial score (nSPS) is 16.4. The number of carbonyl (C=O) groups is 1. The quantitative estimate of drug-likeness (QED) is 0.581. The van der Waals surface area contributed by atoms with Crippen molar-refractivity contribution in [3.05, 3.63) is 82.7 Å². The lowest BCUT2D eigenvalue weighted by Crippen LogP contribution is -2.39. The van der Waals surface area contributed by atoms with E-state index in [2.05, 4.69) is 9.98 Å². The zero-order valence-electron chi connectivity index (χ0n) is 16.5. The molecule has 0 unspecified atom stereocenters. The van der Waals surface area contributed by atoms with E-state index in [0.29, 0.717) is 20.6 Å². The van der Waals surface area contributed by atoms with Crippen molar-refractivity contribution >= 4 is 34.7 Å². The molecule has 0 saturated heterocycles. The molecule has 3 heterocycles. The molecule has 0 spiro atoms. The van der Waals surface area contributed by atoms with Crippen LogP contribution >= 0.6 is 22.7 Å². The number of halogens is 1. The van der Waals surface area contributed by atoms with E-state index in [4.69, 9.17) is 4.74 Å². The third-order valence-corrected chi connectivity index (χ3v) is 6.61. The summed E-state index contributed by atoms with van der Waals surface area (Å²) in [5.74, 6) is -0.939. The average Bonchev–Trinajstić information content (AvgIpc) is 3.25. The number of hydrogen-bond donors (Lipinski definition) is 0. The summed E-state index contributed by atoms with van der Waals surface area (Å²) in [4.78, 5) is 36.2. The fourth-order valence-electron chi connectivity index (χ4n) is 3.32. The first kappa shape index (κ1) is 20.4. The molecule has 2 aromatic heterocycles. The maximum Gasteiger partial charge on any atom is 0.338 e. The van der Waals surface area contributed by atoms with Gasteiger partial charge in [0, 0.05) is 0 Å². The van der Waals surface area contributed by atoms with Crippen LogP contribution in [0.25, 0.3) is 6.08 Å². The maximum absolute atomic E-state index is 13.5. The number of esters is 1. The minimum atomic E-state index is -0.745. The van der Waals surface area contributed by atoms with Crippen LogP contribution in [0.15, 0.2) is 50.8 Å². The molecule has 1 aliphatic rings. The van der Waals surface area contributed by atoms with Crippen LogP contribution in [0.1, 0.15) is 36.0 Å². The minimum Gasteiger partial charge on any atom is -0.463 e. The summed E-state index contributed by atoms with van der Waals surface area (Å²) in [7, 11) is 0. The fourth-order valence-corrected chi connectivity index (χ4v) is 5.16. The molecule has 3 aromatic rings. The monoisotopic (exact) mass is 443 g/mol. The Morgan fingerprint density at radius 3 is 2.67 bits per heavy atom. The molecule has 0 bridgehead atoms. The van der Waals surface area contributed by atoms with Gasteiger partial charge in [-0.2, -0.15) is 0 Å². The number of rotatable bonds is 4. The molecule has 0 fully saturated rings. The predicted octanol–water partition coefficient (Wildman–Crippen LogP) is 2.70. The zero-order chi connectivity index (χ0) is 21.4. The number of thiazole rings is 2. The van der Waals surface area contributed by atoms with Gasteiger partial charge in [-0.3, -0.25) is 9.36 Å². The van der Waals surface area contributed by atoms with Crippen molar-refractivity contribution in [2.45, 2.75) is 26.8 Å². The van der Waals surface area contributed by atoms with E-state index in [1.165, 1.54) is 39.4 Å². The molecule has 0 saturated carbocycles. The Balaban J connectivity index is 1.97. The van der Waals surface area contributed by atoms with Crippen LogP contribution in [-0.4, -0.2) is 22.1 Å². The van der Waals surface area contributed by atoms with E-state index in [0.717, 1.165) is 10.6 Å². The Labute approximate surface area is 179 Å². The highest BCUT2D eigenvalue weighted by molar-refractivity contribution is 7.11. The molecule has 30 heavy (non-hydrogen) atoms. The van der Waals surface area contributed by atoms with E-state index in [1.54, 1.807) is 37.6 Å². The lowest BCUT2D eigenvalue weighted by molar-refractivity contribution is -0.139. The van der Waals surface area contributed by atoms with Crippen molar-refractivity contribution in [1.29, 1.82) is 0 Å². The summed E-state index contributed by atoms with van der Waals surface area (Å²) in [6, 6.07) is 5.02. The summed E-state index contributed by atoms with van der Waals surface area (Å²) in [6.45, 7) is 5.51. The van der Waals surface area contributed by atoms with Gasteiger partial charge in [0.15, 0.2) is 4.80 Å². The summed E-state index contributed by atoms with van der Waals surface area (Å²) in [6.07, 6.45) is 1.79. The molecule has 1 atom stereocenters. The van der Waals surface area contributed by atoms with Crippen LogP contribution in [0.3, 0.4) is 0 Å². The van der Waals surface area contributed by atoms with Crippen molar-refractivity contribution in [2.24, 2.45) is 4.99 Å². The molecule has 4 rings (SSSR count). The number of nitrogens with zero attached hydrogens (tertiary/aromatic N) is 3. The predicted molar refractivity (Wildman–Crippen MR) is 114 cm³/mol. The molecule has 1 aliphatic heterocycles. The first-order valence-electron chi connectivity index (χ1n) is 9.26. The van der Waals surface area contributed by atoms with Crippen LogP contribution in [0, 0.1) is 12.7 Å². The topological polar surface area (TPSA) is 73.6 Å². The Kier molecular flexibility index (Phi) is 5.48. The summed E-state index contributed by atoms with van der Waals surface area (Å²) >= 11 is 2.69. The number of carbonyl (C=O) groups excluding carboxylic acids is 1. The van der Waals surface area contributed by atoms with Gasteiger partial charge in [-0.1, -0.05) is 23.5 Å². The average molecular weight is 444 g/mol.